The van der Waals surface area contributed by atoms with E-state index in [0.717, 1.165) is 18.1 Å². The number of carbonyl (C=O) groups is 3. The first-order valence-corrected chi connectivity index (χ1v) is 16.5. The summed E-state index contributed by atoms with van der Waals surface area (Å²) >= 11 is 0. The van der Waals surface area contributed by atoms with Gasteiger partial charge in [-0.15, -0.1) is 0 Å². The van der Waals surface area contributed by atoms with Crippen molar-refractivity contribution in [3.63, 3.8) is 0 Å². The molecule has 3 aromatic carbocycles. The average molecular weight is 629 g/mol. The van der Waals surface area contributed by atoms with Crippen LogP contribution in [0, 0.1) is 13.8 Å². The van der Waals surface area contributed by atoms with Gasteiger partial charge < -0.3 is 18.9 Å². The quantitative estimate of drug-likeness (QED) is 0.0533. The van der Waals surface area contributed by atoms with E-state index >= 15 is 0 Å². The standard InChI is InChI=1S/C39H48O7/c1-5-7-8-9-10-11-12-13-16-31-17-21-34(22-18-31)45-38(41)32-20-24-36(30(4)28-32)46-39(42)33-19-23-35(29(3)27-33)43-25-14-15-26-44-37(40)6-2/h6,17-24,27-28H,2,5,7-16,25-26H2,1,3-4H3. The minimum Gasteiger partial charge on any atom is -0.493 e. The fourth-order valence-electron chi connectivity index (χ4n) is 4.96. The number of aryl methyl sites for hydroxylation is 3. The van der Waals surface area contributed by atoms with Crippen LogP contribution in [0.15, 0.2) is 73.3 Å². The molecule has 7 nitrogen and oxygen atoms in total. The molecule has 0 aliphatic carbocycles. The van der Waals surface area contributed by atoms with Gasteiger partial charge in [0.25, 0.3) is 0 Å². The van der Waals surface area contributed by atoms with Crippen molar-refractivity contribution in [3.05, 3.63) is 101 Å². The SMILES string of the molecule is C=CC(=O)OCCCCOc1ccc(C(=O)Oc2ccc(C(=O)Oc3ccc(CCCCCCCCCC)cc3)cc2C)cc1C. The van der Waals surface area contributed by atoms with Gasteiger partial charge in [-0.1, -0.05) is 70.6 Å². The predicted octanol–water partition coefficient (Wildman–Crippen LogP) is 9.31. The lowest BCUT2D eigenvalue weighted by molar-refractivity contribution is -0.137. The molecule has 0 radical (unpaired) electrons. The summed E-state index contributed by atoms with van der Waals surface area (Å²) in [5.74, 6) is 0.104. The van der Waals surface area contributed by atoms with Crippen LogP contribution in [0.5, 0.6) is 17.2 Å². The van der Waals surface area contributed by atoms with Crippen LogP contribution in [-0.4, -0.2) is 31.1 Å². The first kappa shape index (κ1) is 36.1. The number of rotatable bonds is 20. The molecule has 0 aromatic heterocycles. The van der Waals surface area contributed by atoms with Crippen LogP contribution in [0.4, 0.5) is 0 Å². The van der Waals surface area contributed by atoms with Gasteiger partial charge in [-0.25, -0.2) is 14.4 Å². The highest BCUT2D eigenvalue weighted by atomic mass is 16.5. The zero-order chi connectivity index (χ0) is 33.1. The highest BCUT2D eigenvalue weighted by Crippen LogP contribution is 2.24. The molecule has 7 heteroatoms. The lowest BCUT2D eigenvalue weighted by Crippen LogP contribution is -2.12. The highest BCUT2D eigenvalue weighted by molar-refractivity contribution is 5.93. The van der Waals surface area contributed by atoms with Crippen LogP contribution < -0.4 is 14.2 Å². The van der Waals surface area contributed by atoms with Gasteiger partial charge in [-0.2, -0.15) is 0 Å². The maximum Gasteiger partial charge on any atom is 0.343 e. The summed E-state index contributed by atoms with van der Waals surface area (Å²) in [5.41, 5.74) is 3.43. The van der Waals surface area contributed by atoms with Crippen molar-refractivity contribution in [2.24, 2.45) is 0 Å². The van der Waals surface area contributed by atoms with E-state index in [1.165, 1.54) is 56.9 Å². The van der Waals surface area contributed by atoms with Crippen LogP contribution in [-0.2, 0) is 16.0 Å². The maximum absolute atomic E-state index is 12.9. The van der Waals surface area contributed by atoms with Crippen molar-refractivity contribution in [1.29, 1.82) is 0 Å². The monoisotopic (exact) mass is 628 g/mol. The number of unbranched alkanes of at least 4 members (excludes halogenated alkanes) is 8. The Kier molecular flexibility index (Phi) is 15.6. The lowest BCUT2D eigenvalue weighted by atomic mass is 10.0. The van der Waals surface area contributed by atoms with Crippen molar-refractivity contribution >= 4 is 17.9 Å². The molecule has 0 atom stereocenters. The van der Waals surface area contributed by atoms with Crippen molar-refractivity contribution in [2.45, 2.75) is 91.4 Å². The zero-order valence-corrected chi connectivity index (χ0v) is 27.6. The van der Waals surface area contributed by atoms with E-state index in [1.54, 1.807) is 43.3 Å². The molecule has 0 aliphatic heterocycles. The Labute approximate surface area is 273 Å². The normalized spacial score (nSPS) is 10.7. The third-order valence-electron chi connectivity index (χ3n) is 7.68. The Morgan fingerprint density at radius 2 is 1.22 bits per heavy atom. The summed E-state index contributed by atoms with van der Waals surface area (Å²) in [5, 5.41) is 0. The van der Waals surface area contributed by atoms with Crippen molar-refractivity contribution in [3.8, 4) is 17.2 Å². The van der Waals surface area contributed by atoms with Gasteiger partial charge in [0, 0.05) is 6.08 Å². The van der Waals surface area contributed by atoms with Gasteiger partial charge in [-0.3, -0.25) is 0 Å². The van der Waals surface area contributed by atoms with Gasteiger partial charge in [0.2, 0.25) is 0 Å². The molecular weight excluding hydrogens is 580 g/mol. The number of carbonyl (C=O) groups excluding carboxylic acids is 3. The maximum atomic E-state index is 12.9. The topological polar surface area (TPSA) is 88.1 Å². The van der Waals surface area contributed by atoms with Gasteiger partial charge in [0.15, 0.2) is 0 Å². The molecule has 0 amide bonds. The van der Waals surface area contributed by atoms with Gasteiger partial charge in [0.05, 0.1) is 24.3 Å². The first-order chi connectivity index (χ1) is 22.3. The third kappa shape index (κ3) is 12.5. The van der Waals surface area contributed by atoms with Crippen LogP contribution in [0.2, 0.25) is 0 Å². The molecule has 0 heterocycles. The second kappa shape index (κ2) is 19.9. The Balaban J connectivity index is 1.43. The summed E-state index contributed by atoms with van der Waals surface area (Å²) in [7, 11) is 0. The molecule has 0 aliphatic rings. The third-order valence-corrected chi connectivity index (χ3v) is 7.68. The Morgan fingerprint density at radius 1 is 0.652 bits per heavy atom. The fraction of sp³-hybridized carbons (Fsp3) is 0.410. The van der Waals surface area contributed by atoms with Crippen molar-refractivity contribution in [1.82, 2.24) is 0 Å². The van der Waals surface area contributed by atoms with Crippen LogP contribution >= 0.6 is 0 Å². The van der Waals surface area contributed by atoms with E-state index in [2.05, 4.69) is 13.5 Å². The number of esters is 3. The number of hydrogen-bond donors (Lipinski definition) is 0. The molecule has 0 saturated heterocycles. The smallest absolute Gasteiger partial charge is 0.343 e. The van der Waals surface area contributed by atoms with Crippen molar-refractivity contribution < 1.29 is 33.3 Å². The molecular formula is C39H48O7. The van der Waals surface area contributed by atoms with Gasteiger partial charge in [-0.05, 0) is 105 Å². The summed E-state index contributed by atoms with van der Waals surface area (Å²) in [6.07, 6.45) is 13.9. The lowest BCUT2D eigenvalue weighted by Gasteiger charge is -2.12. The largest absolute Gasteiger partial charge is 0.493 e. The minimum absolute atomic E-state index is 0.312. The van der Waals surface area contributed by atoms with Gasteiger partial charge >= 0.3 is 17.9 Å². The Bertz CT molecular complexity index is 1420. The molecule has 246 valence electrons. The van der Waals surface area contributed by atoms with Crippen LogP contribution in [0.1, 0.15) is 109 Å². The summed E-state index contributed by atoms with van der Waals surface area (Å²) in [4.78, 5) is 36.8. The molecule has 0 N–H and O–H groups in total. The second-order valence-electron chi connectivity index (χ2n) is 11.5. The van der Waals surface area contributed by atoms with E-state index in [1.807, 2.05) is 31.2 Å². The molecule has 3 aromatic rings. The van der Waals surface area contributed by atoms with E-state index < -0.39 is 17.9 Å². The molecule has 0 bridgehead atoms. The molecule has 0 spiro atoms. The predicted molar refractivity (Wildman–Crippen MR) is 181 cm³/mol. The molecule has 46 heavy (non-hydrogen) atoms. The molecule has 0 fully saturated rings. The van der Waals surface area contributed by atoms with E-state index in [4.69, 9.17) is 18.9 Å². The van der Waals surface area contributed by atoms with Crippen LogP contribution in [0.3, 0.4) is 0 Å². The van der Waals surface area contributed by atoms with E-state index in [0.29, 0.717) is 60.0 Å². The number of ether oxygens (including phenoxy) is 4. The minimum atomic E-state index is -0.510. The highest BCUT2D eigenvalue weighted by Gasteiger charge is 2.15. The summed E-state index contributed by atoms with van der Waals surface area (Å²) < 4.78 is 22.0. The average Bonchev–Trinajstić information content (AvgIpc) is 3.05. The van der Waals surface area contributed by atoms with Crippen molar-refractivity contribution in [2.75, 3.05) is 13.2 Å². The number of hydrogen-bond acceptors (Lipinski definition) is 7. The zero-order valence-electron chi connectivity index (χ0n) is 27.6. The van der Waals surface area contributed by atoms with E-state index in [-0.39, 0.29) is 0 Å². The van der Waals surface area contributed by atoms with E-state index in [9.17, 15) is 14.4 Å². The fourth-order valence-corrected chi connectivity index (χ4v) is 4.96. The molecule has 3 rings (SSSR count). The second-order valence-corrected chi connectivity index (χ2v) is 11.5. The Morgan fingerprint density at radius 3 is 1.83 bits per heavy atom. The summed E-state index contributed by atoms with van der Waals surface area (Å²) in [6, 6.07) is 17.7. The van der Waals surface area contributed by atoms with Crippen LogP contribution in [0.25, 0.3) is 0 Å². The first-order valence-electron chi connectivity index (χ1n) is 16.5. The van der Waals surface area contributed by atoms with Gasteiger partial charge in [0.1, 0.15) is 17.2 Å². The molecule has 0 unspecified atom stereocenters. The Hall–Kier alpha value is -4.39. The number of benzene rings is 3. The molecule has 0 saturated carbocycles. The summed E-state index contributed by atoms with van der Waals surface area (Å²) in [6.45, 7) is 10.0.